The van der Waals surface area contributed by atoms with E-state index in [0.717, 1.165) is 41.0 Å². The summed E-state index contributed by atoms with van der Waals surface area (Å²) in [7, 11) is 0. The van der Waals surface area contributed by atoms with Gasteiger partial charge in [0.15, 0.2) is 4.80 Å². The van der Waals surface area contributed by atoms with E-state index in [1.165, 1.54) is 22.4 Å². The van der Waals surface area contributed by atoms with E-state index >= 15 is 0 Å². The van der Waals surface area contributed by atoms with Crippen molar-refractivity contribution in [3.63, 3.8) is 0 Å². The van der Waals surface area contributed by atoms with Crippen molar-refractivity contribution in [1.82, 2.24) is 4.57 Å². The van der Waals surface area contributed by atoms with Gasteiger partial charge in [-0.3, -0.25) is 0 Å². The first kappa shape index (κ1) is 18.7. The number of hydrogen-bond acceptors (Lipinski definition) is 3. The van der Waals surface area contributed by atoms with Crippen LogP contribution in [0.1, 0.15) is 24.0 Å². The maximum atomic E-state index is 5.92. The van der Waals surface area contributed by atoms with Gasteiger partial charge >= 0.3 is 0 Å². The van der Waals surface area contributed by atoms with Gasteiger partial charge in [0.05, 0.1) is 24.0 Å². The molecule has 1 saturated heterocycles. The summed E-state index contributed by atoms with van der Waals surface area (Å²) in [5.74, 6) is 0. The Morgan fingerprint density at radius 2 is 1.96 bits per heavy atom. The Hall–Kier alpha value is -1.69. The topological polar surface area (TPSA) is 26.5 Å². The molecule has 3 aromatic rings. The van der Waals surface area contributed by atoms with Gasteiger partial charge in [-0.15, -0.1) is 11.3 Å². The average Bonchev–Trinajstić information content (AvgIpc) is 3.26. The Bertz CT molecular complexity index is 995. The van der Waals surface area contributed by atoms with E-state index in [-0.39, 0.29) is 6.10 Å². The standard InChI is InChI=1S/C22H23BrN2OS/c1-15-10-16(2)12-17(11-15)24-22-25(13-18-6-5-9-26-18)21(14-27-22)19-7-3-4-8-20(19)23/h3-4,7-8,10-12,14,18H,5-6,9,13H2,1-2H3. The SMILES string of the molecule is Cc1cc(C)cc(N=c2scc(-c3ccccc3Br)n2CC2CCCO2)c1. The molecule has 4 rings (SSSR count). The predicted octanol–water partition coefficient (Wildman–Crippen LogP) is 6.01. The number of nitrogens with zero attached hydrogens (tertiary/aromatic N) is 2. The fourth-order valence-electron chi connectivity index (χ4n) is 3.60. The van der Waals surface area contributed by atoms with Crippen LogP contribution < -0.4 is 4.80 Å². The van der Waals surface area contributed by atoms with E-state index in [1.807, 2.05) is 6.07 Å². The van der Waals surface area contributed by atoms with Crippen LogP contribution in [0.25, 0.3) is 11.3 Å². The summed E-state index contributed by atoms with van der Waals surface area (Å²) in [6, 6.07) is 14.8. The van der Waals surface area contributed by atoms with Crippen molar-refractivity contribution in [3.05, 3.63) is 68.2 Å². The first-order valence-corrected chi connectivity index (χ1v) is 11.0. The fraction of sp³-hybridized carbons (Fsp3) is 0.318. The third-order valence-corrected chi connectivity index (χ3v) is 6.34. The molecule has 0 bridgehead atoms. The summed E-state index contributed by atoms with van der Waals surface area (Å²) in [6.45, 7) is 5.94. The highest BCUT2D eigenvalue weighted by molar-refractivity contribution is 9.10. The van der Waals surface area contributed by atoms with Crippen molar-refractivity contribution < 1.29 is 4.74 Å². The predicted molar refractivity (Wildman–Crippen MR) is 116 cm³/mol. The molecule has 1 fully saturated rings. The van der Waals surface area contributed by atoms with Gasteiger partial charge in [-0.05, 0) is 56.0 Å². The molecular weight excluding hydrogens is 420 g/mol. The number of benzene rings is 2. The molecule has 2 aromatic carbocycles. The van der Waals surface area contributed by atoms with Gasteiger partial charge in [-0.25, -0.2) is 4.99 Å². The molecule has 5 heteroatoms. The monoisotopic (exact) mass is 442 g/mol. The van der Waals surface area contributed by atoms with Crippen molar-refractivity contribution >= 4 is 33.0 Å². The molecule has 0 aliphatic carbocycles. The Morgan fingerprint density at radius 3 is 2.67 bits per heavy atom. The van der Waals surface area contributed by atoms with Crippen molar-refractivity contribution in [3.8, 4) is 11.3 Å². The first-order chi connectivity index (χ1) is 13.1. The molecule has 1 unspecified atom stereocenters. The van der Waals surface area contributed by atoms with Crippen LogP contribution >= 0.6 is 27.3 Å². The minimum absolute atomic E-state index is 0.263. The summed E-state index contributed by atoms with van der Waals surface area (Å²) in [6.07, 6.45) is 2.52. The van der Waals surface area contributed by atoms with Crippen LogP contribution in [0.4, 0.5) is 5.69 Å². The minimum atomic E-state index is 0.263. The van der Waals surface area contributed by atoms with Crippen LogP contribution in [0.2, 0.25) is 0 Å². The Labute approximate surface area is 172 Å². The van der Waals surface area contributed by atoms with Crippen LogP contribution in [-0.2, 0) is 11.3 Å². The lowest BCUT2D eigenvalue weighted by molar-refractivity contribution is 0.0968. The highest BCUT2D eigenvalue weighted by atomic mass is 79.9. The lowest BCUT2D eigenvalue weighted by Gasteiger charge is -2.15. The lowest BCUT2D eigenvalue weighted by atomic mass is 10.1. The number of ether oxygens (including phenoxy) is 1. The van der Waals surface area contributed by atoms with E-state index in [9.17, 15) is 0 Å². The molecule has 1 aliphatic heterocycles. The molecule has 2 heterocycles. The van der Waals surface area contributed by atoms with Crippen molar-refractivity contribution in [2.75, 3.05) is 6.61 Å². The Morgan fingerprint density at radius 1 is 1.19 bits per heavy atom. The highest BCUT2D eigenvalue weighted by Crippen LogP contribution is 2.29. The van der Waals surface area contributed by atoms with Crippen LogP contribution in [0, 0.1) is 13.8 Å². The molecule has 3 nitrogen and oxygen atoms in total. The molecule has 140 valence electrons. The summed E-state index contributed by atoms with van der Waals surface area (Å²) in [4.78, 5) is 6.01. The molecule has 27 heavy (non-hydrogen) atoms. The van der Waals surface area contributed by atoms with Gasteiger partial charge in [0.2, 0.25) is 0 Å². The van der Waals surface area contributed by atoms with Gasteiger partial charge in [-0.2, -0.15) is 0 Å². The molecule has 1 atom stereocenters. The molecule has 0 amide bonds. The molecule has 1 aliphatic rings. The van der Waals surface area contributed by atoms with Crippen LogP contribution in [0.15, 0.2) is 57.3 Å². The second-order valence-corrected chi connectivity index (χ2v) is 8.78. The van der Waals surface area contributed by atoms with Crippen molar-refractivity contribution in [2.24, 2.45) is 4.99 Å². The van der Waals surface area contributed by atoms with Crippen LogP contribution in [-0.4, -0.2) is 17.3 Å². The zero-order valence-electron chi connectivity index (χ0n) is 15.6. The number of hydrogen-bond donors (Lipinski definition) is 0. The molecule has 1 aromatic heterocycles. The quantitative estimate of drug-likeness (QED) is 0.485. The van der Waals surface area contributed by atoms with Gasteiger partial charge in [0.25, 0.3) is 0 Å². The van der Waals surface area contributed by atoms with Gasteiger partial charge in [-0.1, -0.05) is 40.2 Å². The third kappa shape index (κ3) is 4.26. The summed E-state index contributed by atoms with van der Waals surface area (Å²) in [5, 5.41) is 2.20. The maximum absolute atomic E-state index is 5.92. The third-order valence-electron chi connectivity index (χ3n) is 4.79. The minimum Gasteiger partial charge on any atom is -0.376 e. The summed E-state index contributed by atoms with van der Waals surface area (Å²) < 4.78 is 9.34. The summed E-state index contributed by atoms with van der Waals surface area (Å²) >= 11 is 5.39. The first-order valence-electron chi connectivity index (χ1n) is 9.28. The molecular formula is C22H23BrN2OS. The number of aromatic nitrogens is 1. The molecule has 0 radical (unpaired) electrons. The van der Waals surface area contributed by atoms with Gasteiger partial charge < -0.3 is 9.30 Å². The number of rotatable bonds is 4. The van der Waals surface area contributed by atoms with Gasteiger partial charge in [0.1, 0.15) is 0 Å². The normalized spacial score (nSPS) is 17.6. The average molecular weight is 443 g/mol. The fourth-order valence-corrected chi connectivity index (χ4v) is 5.01. The van der Waals surface area contributed by atoms with Crippen molar-refractivity contribution in [2.45, 2.75) is 39.3 Å². The van der Waals surface area contributed by atoms with Crippen molar-refractivity contribution in [1.29, 1.82) is 0 Å². The number of thiazole rings is 1. The van der Waals surface area contributed by atoms with E-state index in [0.29, 0.717) is 0 Å². The molecule has 0 N–H and O–H groups in total. The Kier molecular flexibility index (Phi) is 5.62. The highest BCUT2D eigenvalue weighted by Gasteiger charge is 2.19. The molecule has 0 spiro atoms. The van der Waals surface area contributed by atoms with Crippen LogP contribution in [0.3, 0.4) is 0 Å². The second kappa shape index (κ2) is 8.13. The number of halogens is 1. The zero-order valence-corrected chi connectivity index (χ0v) is 18.0. The van der Waals surface area contributed by atoms with Gasteiger partial charge in [0, 0.05) is 22.0 Å². The van der Waals surface area contributed by atoms with E-state index in [1.54, 1.807) is 11.3 Å². The van der Waals surface area contributed by atoms with E-state index < -0.39 is 0 Å². The second-order valence-electron chi connectivity index (χ2n) is 7.09. The smallest absolute Gasteiger partial charge is 0.190 e. The lowest BCUT2D eigenvalue weighted by Crippen LogP contribution is -2.24. The van der Waals surface area contributed by atoms with E-state index in [4.69, 9.17) is 9.73 Å². The molecule has 0 saturated carbocycles. The Balaban J connectivity index is 1.83. The maximum Gasteiger partial charge on any atom is 0.190 e. The number of aryl methyl sites for hydroxylation is 2. The summed E-state index contributed by atoms with van der Waals surface area (Å²) in [5.41, 5.74) is 5.86. The van der Waals surface area contributed by atoms with E-state index in [2.05, 4.69) is 76.1 Å². The zero-order chi connectivity index (χ0) is 18.8. The van der Waals surface area contributed by atoms with Crippen LogP contribution in [0.5, 0.6) is 0 Å². The largest absolute Gasteiger partial charge is 0.376 e.